The van der Waals surface area contributed by atoms with Crippen molar-refractivity contribution in [1.82, 2.24) is 4.90 Å². The van der Waals surface area contributed by atoms with Crippen LogP contribution in [-0.2, 0) is 16.1 Å². The van der Waals surface area contributed by atoms with Crippen LogP contribution >= 0.6 is 0 Å². The Labute approximate surface area is 106 Å². The van der Waals surface area contributed by atoms with Crippen LogP contribution in [0.3, 0.4) is 0 Å². The van der Waals surface area contributed by atoms with Gasteiger partial charge in [-0.05, 0) is 12.5 Å². The van der Waals surface area contributed by atoms with E-state index in [2.05, 4.69) is 0 Å². The molecule has 0 aliphatic rings. The third-order valence-electron chi connectivity index (χ3n) is 2.64. The summed E-state index contributed by atoms with van der Waals surface area (Å²) >= 11 is 0. The molecule has 0 fully saturated rings. The molecule has 0 saturated carbocycles. The fourth-order valence-corrected chi connectivity index (χ4v) is 1.60. The van der Waals surface area contributed by atoms with E-state index in [-0.39, 0.29) is 12.3 Å². The van der Waals surface area contributed by atoms with E-state index in [4.69, 9.17) is 10.8 Å². The van der Waals surface area contributed by atoms with Crippen LogP contribution in [0, 0.1) is 6.92 Å². The Balaban J connectivity index is 2.57. The van der Waals surface area contributed by atoms with Gasteiger partial charge in [0.05, 0.1) is 6.42 Å². The molecule has 5 nitrogen and oxygen atoms in total. The highest BCUT2D eigenvalue weighted by Crippen LogP contribution is 2.07. The molecule has 1 atom stereocenters. The second-order valence-corrected chi connectivity index (χ2v) is 4.39. The quantitative estimate of drug-likeness (QED) is 0.808. The predicted molar refractivity (Wildman–Crippen MR) is 67.9 cm³/mol. The molecule has 0 heterocycles. The van der Waals surface area contributed by atoms with Crippen molar-refractivity contribution in [1.29, 1.82) is 0 Å². The number of carboxylic acids is 1. The molecular weight excluding hydrogens is 232 g/mol. The molecule has 0 aliphatic heterocycles. The molecule has 98 valence electrons. The van der Waals surface area contributed by atoms with Crippen LogP contribution in [-0.4, -0.2) is 35.0 Å². The molecule has 1 rings (SSSR count). The van der Waals surface area contributed by atoms with Crippen molar-refractivity contribution >= 4 is 11.9 Å². The van der Waals surface area contributed by atoms with Gasteiger partial charge in [0.1, 0.15) is 6.04 Å². The minimum Gasteiger partial charge on any atom is -0.480 e. The van der Waals surface area contributed by atoms with Gasteiger partial charge in [-0.25, -0.2) is 0 Å². The van der Waals surface area contributed by atoms with E-state index in [1.54, 1.807) is 7.05 Å². The number of carboxylic acid groups (broad SMARTS) is 1. The maximum absolute atomic E-state index is 11.7. The number of nitrogens with zero attached hydrogens (tertiary/aromatic N) is 1. The topological polar surface area (TPSA) is 83.6 Å². The van der Waals surface area contributed by atoms with Crippen molar-refractivity contribution in [3.8, 4) is 0 Å². The number of carbonyl (C=O) groups is 2. The Kier molecular flexibility index (Phi) is 4.85. The Bertz CT molecular complexity index is 446. The molecule has 3 N–H and O–H groups in total. The van der Waals surface area contributed by atoms with Gasteiger partial charge in [0, 0.05) is 13.6 Å². The van der Waals surface area contributed by atoms with Crippen molar-refractivity contribution in [2.24, 2.45) is 5.73 Å². The highest BCUT2D eigenvalue weighted by atomic mass is 16.4. The van der Waals surface area contributed by atoms with Gasteiger partial charge >= 0.3 is 5.97 Å². The highest BCUT2D eigenvalue weighted by Gasteiger charge is 2.18. The van der Waals surface area contributed by atoms with Crippen LogP contribution in [0.25, 0.3) is 0 Å². The number of aryl methyl sites for hydroxylation is 1. The zero-order valence-electron chi connectivity index (χ0n) is 10.6. The molecule has 0 aromatic heterocycles. The Morgan fingerprint density at radius 3 is 2.67 bits per heavy atom. The molecule has 1 unspecified atom stereocenters. The highest BCUT2D eigenvalue weighted by molar-refractivity contribution is 5.84. The summed E-state index contributed by atoms with van der Waals surface area (Å²) in [6, 6.07) is 6.67. The number of nitrogens with two attached hydrogens (primary N) is 1. The standard InChI is InChI=1S/C13H18N2O3/c1-9-4-3-5-10(6-9)8-15(2)12(16)7-11(14)13(17)18/h3-6,11H,7-8,14H2,1-2H3,(H,17,18). The van der Waals surface area contributed by atoms with Gasteiger partial charge in [0.2, 0.25) is 5.91 Å². The van der Waals surface area contributed by atoms with Crippen molar-refractivity contribution in [3.05, 3.63) is 35.4 Å². The normalized spacial score (nSPS) is 11.9. The molecule has 1 aromatic carbocycles. The first-order chi connectivity index (χ1) is 8.40. The average Bonchev–Trinajstić information content (AvgIpc) is 2.28. The Morgan fingerprint density at radius 1 is 1.44 bits per heavy atom. The summed E-state index contributed by atoms with van der Waals surface area (Å²) in [7, 11) is 1.64. The van der Waals surface area contributed by atoms with Gasteiger partial charge in [-0.1, -0.05) is 29.8 Å². The van der Waals surface area contributed by atoms with Gasteiger partial charge in [-0.3, -0.25) is 9.59 Å². The SMILES string of the molecule is Cc1cccc(CN(C)C(=O)CC(N)C(=O)O)c1. The molecule has 1 aromatic rings. The van der Waals surface area contributed by atoms with Crippen molar-refractivity contribution in [2.45, 2.75) is 25.9 Å². The van der Waals surface area contributed by atoms with Crippen LogP contribution in [0.5, 0.6) is 0 Å². The summed E-state index contributed by atoms with van der Waals surface area (Å²) in [6.07, 6.45) is -0.183. The van der Waals surface area contributed by atoms with Crippen molar-refractivity contribution in [3.63, 3.8) is 0 Å². The largest absolute Gasteiger partial charge is 0.480 e. The fraction of sp³-hybridized carbons (Fsp3) is 0.385. The van der Waals surface area contributed by atoms with E-state index in [0.29, 0.717) is 6.54 Å². The van der Waals surface area contributed by atoms with Gasteiger partial charge < -0.3 is 15.7 Å². The van der Waals surface area contributed by atoms with E-state index < -0.39 is 12.0 Å². The first-order valence-electron chi connectivity index (χ1n) is 5.68. The van der Waals surface area contributed by atoms with Crippen LogP contribution in [0.2, 0.25) is 0 Å². The molecule has 0 spiro atoms. The summed E-state index contributed by atoms with van der Waals surface area (Å²) in [4.78, 5) is 23.8. The summed E-state index contributed by atoms with van der Waals surface area (Å²) < 4.78 is 0. The molecule has 5 heteroatoms. The molecular formula is C13H18N2O3. The summed E-state index contributed by atoms with van der Waals surface area (Å²) in [5.41, 5.74) is 7.46. The number of hydrogen-bond donors (Lipinski definition) is 2. The Morgan fingerprint density at radius 2 is 2.11 bits per heavy atom. The second kappa shape index (κ2) is 6.16. The van der Waals surface area contributed by atoms with Crippen LogP contribution < -0.4 is 5.73 Å². The molecule has 0 radical (unpaired) electrons. The zero-order chi connectivity index (χ0) is 13.7. The second-order valence-electron chi connectivity index (χ2n) is 4.39. The lowest BCUT2D eigenvalue weighted by atomic mass is 10.1. The maximum atomic E-state index is 11.7. The van der Waals surface area contributed by atoms with Gasteiger partial charge in [-0.15, -0.1) is 0 Å². The van der Waals surface area contributed by atoms with Gasteiger partial charge in [0.15, 0.2) is 0 Å². The minimum absolute atomic E-state index is 0.183. The summed E-state index contributed by atoms with van der Waals surface area (Å²) in [5, 5.41) is 8.64. The zero-order valence-corrected chi connectivity index (χ0v) is 10.6. The molecule has 0 saturated heterocycles. The molecule has 0 bridgehead atoms. The summed E-state index contributed by atoms with van der Waals surface area (Å²) in [5.74, 6) is -1.43. The van der Waals surface area contributed by atoms with Crippen LogP contribution in [0.4, 0.5) is 0 Å². The van der Waals surface area contributed by atoms with Gasteiger partial charge in [0.25, 0.3) is 0 Å². The summed E-state index contributed by atoms with van der Waals surface area (Å²) in [6.45, 7) is 2.43. The number of amides is 1. The van der Waals surface area contributed by atoms with E-state index in [9.17, 15) is 9.59 Å². The predicted octanol–water partition coefficient (Wildman–Crippen LogP) is 0.755. The lowest BCUT2D eigenvalue weighted by Crippen LogP contribution is -2.37. The third-order valence-corrected chi connectivity index (χ3v) is 2.64. The first-order valence-corrected chi connectivity index (χ1v) is 5.68. The molecule has 0 aliphatic carbocycles. The first kappa shape index (κ1) is 14.2. The van der Waals surface area contributed by atoms with Crippen LogP contribution in [0.1, 0.15) is 17.5 Å². The minimum atomic E-state index is -1.16. The maximum Gasteiger partial charge on any atom is 0.321 e. The lowest BCUT2D eigenvalue weighted by molar-refractivity contribution is -0.142. The lowest BCUT2D eigenvalue weighted by Gasteiger charge is -2.18. The third kappa shape index (κ3) is 4.18. The van der Waals surface area contributed by atoms with E-state index in [1.807, 2.05) is 31.2 Å². The Hall–Kier alpha value is -1.88. The van der Waals surface area contributed by atoms with Crippen molar-refractivity contribution in [2.75, 3.05) is 7.05 Å². The number of aliphatic carboxylic acids is 1. The number of hydrogen-bond acceptors (Lipinski definition) is 3. The smallest absolute Gasteiger partial charge is 0.321 e. The number of carbonyl (C=O) groups excluding carboxylic acids is 1. The van der Waals surface area contributed by atoms with E-state index in [0.717, 1.165) is 11.1 Å². The monoisotopic (exact) mass is 250 g/mol. The fourth-order valence-electron chi connectivity index (χ4n) is 1.60. The average molecular weight is 250 g/mol. The molecule has 18 heavy (non-hydrogen) atoms. The van der Waals surface area contributed by atoms with Crippen molar-refractivity contribution < 1.29 is 14.7 Å². The number of benzene rings is 1. The molecule has 1 amide bonds. The van der Waals surface area contributed by atoms with E-state index >= 15 is 0 Å². The van der Waals surface area contributed by atoms with E-state index in [1.165, 1.54) is 4.90 Å². The van der Waals surface area contributed by atoms with Crippen LogP contribution in [0.15, 0.2) is 24.3 Å². The van der Waals surface area contributed by atoms with Gasteiger partial charge in [-0.2, -0.15) is 0 Å². The number of rotatable bonds is 5.